The fourth-order valence-electron chi connectivity index (χ4n) is 2.60. The summed E-state index contributed by atoms with van der Waals surface area (Å²) < 4.78 is 5.76. The molecule has 3 aromatic rings. The number of ketones is 1. The van der Waals surface area contributed by atoms with Gasteiger partial charge in [-0.3, -0.25) is 4.79 Å². The Balaban J connectivity index is 1.70. The average molecular weight is 362 g/mol. The number of hydrogen-bond acceptors (Lipinski definition) is 3. The van der Waals surface area contributed by atoms with Gasteiger partial charge < -0.3 is 4.74 Å². The maximum Gasteiger partial charge on any atom is 0.203 e. The zero-order chi connectivity index (χ0) is 18.5. The molecule has 0 heterocycles. The molecule has 4 heteroatoms. The van der Waals surface area contributed by atoms with Crippen molar-refractivity contribution in [1.29, 1.82) is 5.26 Å². The zero-order valence-electron chi connectivity index (χ0n) is 14.1. The molecule has 0 amide bonds. The average Bonchev–Trinajstić information content (AvgIpc) is 2.68. The Morgan fingerprint density at radius 3 is 2.19 bits per heavy atom. The third-order valence-corrected chi connectivity index (χ3v) is 4.23. The van der Waals surface area contributed by atoms with Gasteiger partial charge in [-0.1, -0.05) is 48.0 Å². The van der Waals surface area contributed by atoms with Crippen molar-refractivity contribution in [3.05, 3.63) is 88.9 Å². The van der Waals surface area contributed by atoms with Crippen molar-refractivity contribution >= 4 is 17.4 Å². The second-order valence-corrected chi connectivity index (χ2v) is 6.28. The molecule has 0 aromatic heterocycles. The molecular weight excluding hydrogens is 346 g/mol. The molecule has 0 unspecified atom stereocenters. The van der Waals surface area contributed by atoms with Gasteiger partial charge in [0.25, 0.3) is 0 Å². The van der Waals surface area contributed by atoms with Crippen LogP contribution in [-0.4, -0.2) is 11.9 Å². The van der Waals surface area contributed by atoms with Gasteiger partial charge in [0.15, 0.2) is 6.10 Å². The van der Waals surface area contributed by atoms with Gasteiger partial charge in [-0.25, -0.2) is 0 Å². The number of Topliss-reactive ketones (excluding diaryl/α,β-unsaturated/α-hetero) is 1. The maximum atomic E-state index is 12.4. The summed E-state index contributed by atoms with van der Waals surface area (Å²) in [6, 6.07) is 23.8. The first-order chi connectivity index (χ1) is 12.6. The lowest BCUT2D eigenvalue weighted by atomic mass is 10.0. The van der Waals surface area contributed by atoms with Crippen LogP contribution in [0.4, 0.5) is 0 Å². The van der Waals surface area contributed by atoms with E-state index in [1.54, 1.807) is 43.3 Å². The van der Waals surface area contributed by atoms with E-state index in [1.807, 2.05) is 36.4 Å². The summed E-state index contributed by atoms with van der Waals surface area (Å²) in [6.45, 7) is 1.72. The summed E-state index contributed by atoms with van der Waals surface area (Å²) in [7, 11) is 0. The molecule has 3 rings (SSSR count). The van der Waals surface area contributed by atoms with E-state index >= 15 is 0 Å². The number of halogens is 1. The highest BCUT2D eigenvalue weighted by atomic mass is 35.5. The molecule has 3 nitrogen and oxygen atoms in total. The molecule has 0 aliphatic heterocycles. The van der Waals surface area contributed by atoms with Crippen LogP contribution in [0.15, 0.2) is 72.8 Å². The molecule has 0 N–H and O–H groups in total. The fraction of sp³-hybridized carbons (Fsp3) is 0.0909. The van der Waals surface area contributed by atoms with Crippen LogP contribution in [0.3, 0.4) is 0 Å². The van der Waals surface area contributed by atoms with Crippen molar-refractivity contribution in [3.63, 3.8) is 0 Å². The summed E-state index contributed by atoms with van der Waals surface area (Å²) in [6.07, 6.45) is -0.616. The van der Waals surface area contributed by atoms with Gasteiger partial charge in [0.05, 0.1) is 11.6 Å². The lowest BCUT2D eigenvalue weighted by molar-refractivity contribution is 0.0818. The minimum atomic E-state index is -0.616. The van der Waals surface area contributed by atoms with E-state index in [1.165, 1.54) is 0 Å². The van der Waals surface area contributed by atoms with E-state index in [-0.39, 0.29) is 5.78 Å². The third kappa shape index (κ3) is 4.11. The standard InChI is InChI=1S/C22H16ClNO2/c1-15(22(25)19-3-2-4-20(23)13-19)26-21-11-9-18(10-12-21)17-7-5-16(14-24)6-8-17/h2-13,15H,1H3/t15-/m1/s1. The van der Waals surface area contributed by atoms with Gasteiger partial charge >= 0.3 is 0 Å². The van der Waals surface area contributed by atoms with E-state index in [0.717, 1.165) is 11.1 Å². The van der Waals surface area contributed by atoms with Crippen molar-refractivity contribution in [2.75, 3.05) is 0 Å². The second kappa shape index (κ2) is 7.86. The zero-order valence-corrected chi connectivity index (χ0v) is 14.9. The molecule has 0 aliphatic carbocycles. The van der Waals surface area contributed by atoms with Crippen LogP contribution in [0.1, 0.15) is 22.8 Å². The first-order valence-corrected chi connectivity index (χ1v) is 8.51. The number of carbonyl (C=O) groups excluding carboxylic acids is 1. The van der Waals surface area contributed by atoms with Gasteiger partial charge in [0.1, 0.15) is 5.75 Å². The second-order valence-electron chi connectivity index (χ2n) is 5.85. The molecular formula is C22H16ClNO2. The predicted molar refractivity (Wildman–Crippen MR) is 102 cm³/mol. The van der Waals surface area contributed by atoms with Crippen LogP contribution in [0.2, 0.25) is 5.02 Å². The lowest BCUT2D eigenvalue weighted by Crippen LogP contribution is -2.23. The topological polar surface area (TPSA) is 50.1 Å². The number of ether oxygens (including phenoxy) is 1. The molecule has 0 fully saturated rings. The van der Waals surface area contributed by atoms with E-state index < -0.39 is 6.10 Å². The van der Waals surface area contributed by atoms with Crippen molar-refractivity contribution in [1.82, 2.24) is 0 Å². The Kier molecular flexibility index (Phi) is 5.36. The van der Waals surface area contributed by atoms with Crippen molar-refractivity contribution in [2.24, 2.45) is 0 Å². The molecule has 0 saturated heterocycles. The predicted octanol–water partition coefficient (Wildman–Crippen LogP) is 5.53. The van der Waals surface area contributed by atoms with Crippen molar-refractivity contribution in [2.45, 2.75) is 13.0 Å². The summed E-state index contributed by atoms with van der Waals surface area (Å²) in [5.41, 5.74) is 3.18. The molecule has 0 saturated carbocycles. The Hall–Kier alpha value is -3.09. The van der Waals surface area contributed by atoms with Gasteiger partial charge in [0.2, 0.25) is 5.78 Å². The molecule has 1 atom stereocenters. The Labute approximate surface area is 157 Å². The van der Waals surface area contributed by atoms with E-state index in [2.05, 4.69) is 6.07 Å². The molecule has 0 radical (unpaired) electrons. The van der Waals surface area contributed by atoms with Gasteiger partial charge in [-0.2, -0.15) is 5.26 Å². The number of benzene rings is 3. The minimum Gasteiger partial charge on any atom is -0.483 e. The monoisotopic (exact) mass is 361 g/mol. The van der Waals surface area contributed by atoms with Gasteiger partial charge in [0, 0.05) is 10.6 Å². The fourth-order valence-corrected chi connectivity index (χ4v) is 2.79. The normalized spacial score (nSPS) is 11.4. The van der Waals surface area contributed by atoms with Crippen LogP contribution in [-0.2, 0) is 0 Å². The van der Waals surface area contributed by atoms with Crippen LogP contribution in [0.5, 0.6) is 5.75 Å². The smallest absolute Gasteiger partial charge is 0.203 e. The number of rotatable bonds is 5. The number of hydrogen-bond donors (Lipinski definition) is 0. The number of nitriles is 1. The molecule has 26 heavy (non-hydrogen) atoms. The molecule has 0 spiro atoms. The van der Waals surface area contributed by atoms with Crippen molar-refractivity contribution < 1.29 is 9.53 Å². The molecule has 0 bridgehead atoms. The van der Waals surface area contributed by atoms with Crippen LogP contribution >= 0.6 is 11.6 Å². The maximum absolute atomic E-state index is 12.4. The third-order valence-electron chi connectivity index (χ3n) is 3.99. The highest BCUT2D eigenvalue weighted by Crippen LogP contribution is 2.24. The molecule has 0 aliphatic rings. The Morgan fingerprint density at radius 1 is 1.00 bits per heavy atom. The SMILES string of the molecule is C[C@@H](Oc1ccc(-c2ccc(C#N)cc2)cc1)C(=O)c1cccc(Cl)c1. The quantitative estimate of drug-likeness (QED) is 0.561. The van der Waals surface area contributed by atoms with Crippen LogP contribution in [0.25, 0.3) is 11.1 Å². The number of carbonyl (C=O) groups is 1. The van der Waals surface area contributed by atoms with Crippen LogP contribution < -0.4 is 4.74 Å². The summed E-state index contributed by atoms with van der Waals surface area (Å²) in [5, 5.41) is 9.38. The summed E-state index contributed by atoms with van der Waals surface area (Å²) >= 11 is 5.94. The lowest BCUT2D eigenvalue weighted by Gasteiger charge is -2.14. The Bertz CT molecular complexity index is 957. The largest absolute Gasteiger partial charge is 0.483 e. The van der Waals surface area contributed by atoms with Gasteiger partial charge in [-0.05, 0) is 54.4 Å². The van der Waals surface area contributed by atoms with E-state index in [9.17, 15) is 4.79 Å². The van der Waals surface area contributed by atoms with Crippen molar-refractivity contribution in [3.8, 4) is 22.9 Å². The summed E-state index contributed by atoms with van der Waals surface area (Å²) in [5.74, 6) is 0.494. The minimum absolute atomic E-state index is 0.122. The highest BCUT2D eigenvalue weighted by Gasteiger charge is 2.17. The van der Waals surface area contributed by atoms with Gasteiger partial charge in [-0.15, -0.1) is 0 Å². The first kappa shape index (κ1) is 17.7. The number of nitrogens with zero attached hydrogens (tertiary/aromatic N) is 1. The molecule has 128 valence electrons. The van der Waals surface area contributed by atoms with Crippen LogP contribution in [0, 0.1) is 11.3 Å². The Morgan fingerprint density at radius 2 is 1.62 bits per heavy atom. The van der Waals surface area contributed by atoms with E-state index in [4.69, 9.17) is 21.6 Å². The summed E-state index contributed by atoms with van der Waals surface area (Å²) in [4.78, 5) is 12.4. The van der Waals surface area contributed by atoms with E-state index in [0.29, 0.717) is 21.9 Å². The molecule has 3 aromatic carbocycles. The highest BCUT2D eigenvalue weighted by molar-refractivity contribution is 6.31. The first-order valence-electron chi connectivity index (χ1n) is 8.14.